The Balaban J connectivity index is 1.68. The maximum atomic E-state index is 11.6. The van der Waals surface area contributed by atoms with Crippen LogP contribution in [-0.2, 0) is 10.2 Å². The van der Waals surface area contributed by atoms with Crippen LogP contribution in [0, 0.1) is 23.7 Å². The van der Waals surface area contributed by atoms with Crippen molar-refractivity contribution in [3.05, 3.63) is 29.8 Å². The van der Waals surface area contributed by atoms with Gasteiger partial charge in [0.05, 0.1) is 13.0 Å². The monoisotopic (exact) mass is 286 g/mol. The molecule has 0 amide bonds. The Labute approximate surface area is 125 Å². The predicted molar refractivity (Wildman–Crippen MR) is 79.4 cm³/mol. The van der Waals surface area contributed by atoms with Crippen LogP contribution in [-0.4, -0.2) is 18.2 Å². The number of methoxy groups -OCH3 is 1. The summed E-state index contributed by atoms with van der Waals surface area (Å²) >= 11 is 0. The lowest BCUT2D eigenvalue weighted by Crippen LogP contribution is -2.54. The molecule has 2 atom stereocenters. The quantitative estimate of drug-likeness (QED) is 0.925. The van der Waals surface area contributed by atoms with Crippen LogP contribution in [0.4, 0.5) is 0 Å². The molecule has 0 aliphatic heterocycles. The molecule has 4 saturated carbocycles. The Morgan fingerprint density at radius 1 is 1.14 bits per heavy atom. The van der Waals surface area contributed by atoms with Crippen molar-refractivity contribution in [1.29, 1.82) is 0 Å². The second kappa shape index (κ2) is 4.49. The zero-order chi connectivity index (χ0) is 14.6. The molecular formula is C18H22O3. The van der Waals surface area contributed by atoms with E-state index in [-0.39, 0.29) is 11.3 Å². The van der Waals surface area contributed by atoms with Gasteiger partial charge < -0.3 is 9.84 Å². The van der Waals surface area contributed by atoms with Gasteiger partial charge in [-0.2, -0.15) is 0 Å². The number of benzene rings is 1. The molecule has 0 radical (unpaired) electrons. The first-order valence-corrected chi connectivity index (χ1v) is 7.99. The van der Waals surface area contributed by atoms with Crippen LogP contribution in [0.2, 0.25) is 0 Å². The van der Waals surface area contributed by atoms with Crippen molar-refractivity contribution in [2.45, 2.75) is 37.5 Å². The SMILES string of the molecule is COc1ccc(C23CC4CC(C2)C(C(=O)O)C(C4)C3)cc1. The average Bonchev–Trinajstić information content (AvgIpc) is 2.46. The lowest BCUT2D eigenvalue weighted by molar-refractivity contribution is -0.157. The van der Waals surface area contributed by atoms with Crippen LogP contribution >= 0.6 is 0 Å². The van der Waals surface area contributed by atoms with E-state index in [0.29, 0.717) is 11.8 Å². The molecule has 4 aliphatic rings. The van der Waals surface area contributed by atoms with E-state index >= 15 is 0 Å². The van der Waals surface area contributed by atoms with Gasteiger partial charge in [-0.1, -0.05) is 12.1 Å². The topological polar surface area (TPSA) is 46.5 Å². The van der Waals surface area contributed by atoms with Crippen molar-refractivity contribution in [3.8, 4) is 5.75 Å². The van der Waals surface area contributed by atoms with E-state index in [0.717, 1.165) is 37.4 Å². The largest absolute Gasteiger partial charge is 0.497 e. The van der Waals surface area contributed by atoms with Gasteiger partial charge in [0.25, 0.3) is 0 Å². The zero-order valence-electron chi connectivity index (χ0n) is 12.4. The molecule has 112 valence electrons. The lowest BCUT2D eigenvalue weighted by Gasteiger charge is -2.59. The number of ether oxygens (including phenoxy) is 1. The van der Waals surface area contributed by atoms with E-state index in [4.69, 9.17) is 4.74 Å². The van der Waals surface area contributed by atoms with E-state index in [9.17, 15) is 9.90 Å². The Morgan fingerprint density at radius 3 is 2.29 bits per heavy atom. The summed E-state index contributed by atoms with van der Waals surface area (Å²) in [5.41, 5.74) is 1.63. The molecule has 3 heteroatoms. The van der Waals surface area contributed by atoms with Gasteiger partial charge in [0.1, 0.15) is 5.75 Å². The minimum absolute atomic E-state index is 0.0899. The number of carboxylic acid groups (broad SMARTS) is 1. The van der Waals surface area contributed by atoms with Gasteiger partial charge in [-0.05, 0) is 73.0 Å². The van der Waals surface area contributed by atoms with Crippen molar-refractivity contribution in [2.75, 3.05) is 7.11 Å². The first kappa shape index (κ1) is 13.2. The summed E-state index contributed by atoms with van der Waals surface area (Å²) in [6.07, 6.45) is 5.63. The molecule has 5 rings (SSSR count). The molecule has 1 N–H and O–H groups in total. The lowest BCUT2D eigenvalue weighted by atomic mass is 9.45. The zero-order valence-corrected chi connectivity index (χ0v) is 12.4. The number of carboxylic acids is 1. The summed E-state index contributed by atoms with van der Waals surface area (Å²) in [4.78, 5) is 11.6. The van der Waals surface area contributed by atoms with E-state index in [1.165, 1.54) is 12.0 Å². The van der Waals surface area contributed by atoms with E-state index < -0.39 is 5.97 Å². The van der Waals surface area contributed by atoms with Gasteiger partial charge in [-0.25, -0.2) is 0 Å². The van der Waals surface area contributed by atoms with Crippen molar-refractivity contribution in [2.24, 2.45) is 23.7 Å². The number of aliphatic carboxylic acids is 1. The first-order chi connectivity index (χ1) is 10.1. The highest BCUT2D eigenvalue weighted by atomic mass is 16.5. The van der Waals surface area contributed by atoms with Crippen LogP contribution in [0.5, 0.6) is 5.75 Å². The van der Waals surface area contributed by atoms with Crippen LogP contribution in [0.1, 0.15) is 37.7 Å². The molecule has 4 bridgehead atoms. The predicted octanol–water partition coefficient (Wildman–Crippen LogP) is 3.47. The molecule has 4 aliphatic carbocycles. The van der Waals surface area contributed by atoms with Crippen molar-refractivity contribution in [1.82, 2.24) is 0 Å². The highest BCUT2D eigenvalue weighted by molar-refractivity contribution is 5.71. The number of rotatable bonds is 3. The molecule has 21 heavy (non-hydrogen) atoms. The van der Waals surface area contributed by atoms with Gasteiger partial charge in [0.15, 0.2) is 0 Å². The summed E-state index contributed by atoms with van der Waals surface area (Å²) in [6, 6.07) is 8.48. The summed E-state index contributed by atoms with van der Waals surface area (Å²) in [7, 11) is 1.69. The third-order valence-corrected chi connectivity index (χ3v) is 6.26. The van der Waals surface area contributed by atoms with Crippen LogP contribution in [0.3, 0.4) is 0 Å². The molecule has 0 heterocycles. The fourth-order valence-electron chi connectivity index (χ4n) is 5.73. The van der Waals surface area contributed by atoms with Gasteiger partial charge in [-0.3, -0.25) is 4.79 Å². The highest BCUT2D eigenvalue weighted by Gasteiger charge is 2.57. The smallest absolute Gasteiger partial charge is 0.307 e. The number of carbonyl (C=O) groups is 1. The normalized spacial score (nSPS) is 40.2. The molecule has 4 fully saturated rings. The van der Waals surface area contributed by atoms with E-state index in [2.05, 4.69) is 12.1 Å². The fraction of sp³-hybridized carbons (Fsp3) is 0.611. The summed E-state index contributed by atoms with van der Waals surface area (Å²) < 4.78 is 5.26. The molecule has 1 aromatic rings. The van der Waals surface area contributed by atoms with Crippen molar-refractivity contribution in [3.63, 3.8) is 0 Å². The number of hydrogen-bond acceptors (Lipinski definition) is 2. The van der Waals surface area contributed by atoms with E-state index in [1.54, 1.807) is 7.11 Å². The Hall–Kier alpha value is -1.51. The summed E-state index contributed by atoms with van der Waals surface area (Å²) in [6.45, 7) is 0. The second-order valence-electron chi connectivity index (χ2n) is 7.34. The molecule has 1 aromatic carbocycles. The average molecular weight is 286 g/mol. The molecule has 0 spiro atoms. The maximum absolute atomic E-state index is 11.6. The standard InChI is InChI=1S/C18H22O3/c1-21-15-4-2-14(3-5-15)18-8-11-6-12(9-18)16(17(19)20)13(7-11)10-18/h2-5,11-13,16H,6-10H2,1H3,(H,19,20). The van der Waals surface area contributed by atoms with Gasteiger partial charge in [0, 0.05) is 0 Å². The third kappa shape index (κ3) is 1.90. The molecule has 0 saturated heterocycles. The summed E-state index contributed by atoms with van der Waals surface area (Å²) in [5, 5.41) is 9.55. The second-order valence-corrected chi connectivity index (χ2v) is 7.34. The molecule has 3 nitrogen and oxygen atoms in total. The minimum Gasteiger partial charge on any atom is -0.497 e. The molecule has 2 unspecified atom stereocenters. The molecule has 0 aromatic heterocycles. The third-order valence-electron chi connectivity index (χ3n) is 6.26. The van der Waals surface area contributed by atoms with Crippen molar-refractivity contribution >= 4 is 5.97 Å². The Bertz CT molecular complexity index is 546. The van der Waals surface area contributed by atoms with Crippen molar-refractivity contribution < 1.29 is 14.6 Å². The van der Waals surface area contributed by atoms with Crippen LogP contribution < -0.4 is 4.74 Å². The minimum atomic E-state index is -0.561. The maximum Gasteiger partial charge on any atom is 0.307 e. The Kier molecular flexibility index (Phi) is 2.82. The Morgan fingerprint density at radius 2 is 1.76 bits per heavy atom. The number of hydrogen-bond donors (Lipinski definition) is 1. The fourth-order valence-corrected chi connectivity index (χ4v) is 5.73. The van der Waals surface area contributed by atoms with Gasteiger partial charge in [-0.15, -0.1) is 0 Å². The van der Waals surface area contributed by atoms with Gasteiger partial charge >= 0.3 is 5.97 Å². The molecular weight excluding hydrogens is 264 g/mol. The first-order valence-electron chi connectivity index (χ1n) is 7.99. The summed E-state index contributed by atoms with van der Waals surface area (Å²) in [5.74, 6) is 1.75. The van der Waals surface area contributed by atoms with Crippen LogP contribution in [0.25, 0.3) is 0 Å². The van der Waals surface area contributed by atoms with Crippen LogP contribution in [0.15, 0.2) is 24.3 Å². The highest BCUT2D eigenvalue weighted by Crippen LogP contribution is 2.62. The van der Waals surface area contributed by atoms with Gasteiger partial charge in [0.2, 0.25) is 0 Å². The van der Waals surface area contributed by atoms with E-state index in [1.807, 2.05) is 12.1 Å².